The Hall–Kier alpha value is -3.10. The smallest absolute Gasteiger partial charge is 0.408 e. The summed E-state index contributed by atoms with van der Waals surface area (Å²) in [6.07, 6.45) is 5.72. The maximum Gasteiger partial charge on any atom is 0.408 e. The van der Waals surface area contributed by atoms with Crippen molar-refractivity contribution in [2.24, 2.45) is 5.92 Å². The molecule has 2 unspecified atom stereocenters. The average molecular weight is 562 g/mol. The van der Waals surface area contributed by atoms with Crippen molar-refractivity contribution in [1.29, 1.82) is 0 Å². The summed E-state index contributed by atoms with van der Waals surface area (Å²) in [6, 6.07) is 5.53. The summed E-state index contributed by atoms with van der Waals surface area (Å²) in [6.45, 7) is 13.3. The number of amides is 3. The van der Waals surface area contributed by atoms with Gasteiger partial charge in [0.15, 0.2) is 0 Å². The number of hydrogen-bond acceptors (Lipinski definition) is 6. The van der Waals surface area contributed by atoms with Gasteiger partial charge in [0.05, 0.1) is 7.11 Å². The number of nitrogens with zero attached hydrogens (tertiary/aromatic N) is 1. The lowest BCUT2D eigenvalue weighted by Gasteiger charge is -2.35. The van der Waals surface area contributed by atoms with E-state index in [1.807, 2.05) is 39.0 Å². The van der Waals surface area contributed by atoms with Crippen LogP contribution in [0.2, 0.25) is 0 Å². The highest BCUT2D eigenvalue weighted by Crippen LogP contribution is 2.26. The number of unbranched alkanes of at least 4 members (excludes halogenated alkanes) is 5. The first-order valence-electron chi connectivity index (χ1n) is 14.5. The van der Waals surface area contributed by atoms with Crippen molar-refractivity contribution in [2.45, 2.75) is 111 Å². The zero-order chi connectivity index (χ0) is 30.3. The van der Waals surface area contributed by atoms with Gasteiger partial charge in [-0.3, -0.25) is 14.4 Å². The minimum absolute atomic E-state index is 0.0883. The van der Waals surface area contributed by atoms with Gasteiger partial charge in [0.2, 0.25) is 11.8 Å². The third-order valence-corrected chi connectivity index (χ3v) is 6.28. The molecular formula is C31H51N3O6. The van der Waals surface area contributed by atoms with Gasteiger partial charge in [0.1, 0.15) is 24.2 Å². The predicted octanol–water partition coefficient (Wildman–Crippen LogP) is 5.45. The number of aryl methyl sites for hydroxylation is 1. The third kappa shape index (κ3) is 13.3. The second-order valence-electron chi connectivity index (χ2n) is 11.7. The van der Waals surface area contributed by atoms with Crippen molar-refractivity contribution >= 4 is 23.9 Å². The number of nitrogens with one attached hydrogen (secondary N) is 2. The highest BCUT2D eigenvalue weighted by atomic mass is 16.6. The maximum atomic E-state index is 14.2. The van der Waals surface area contributed by atoms with E-state index in [-0.39, 0.29) is 18.4 Å². The molecule has 0 heterocycles. The van der Waals surface area contributed by atoms with Gasteiger partial charge >= 0.3 is 12.1 Å². The van der Waals surface area contributed by atoms with Crippen molar-refractivity contribution < 1.29 is 28.7 Å². The number of carbonyl (C=O) groups is 4. The average Bonchev–Trinajstić information content (AvgIpc) is 2.86. The number of esters is 1. The summed E-state index contributed by atoms with van der Waals surface area (Å²) in [5.74, 6) is -1.36. The van der Waals surface area contributed by atoms with Crippen LogP contribution in [0.1, 0.15) is 104 Å². The standard InChI is InChI=1S/C31H51N3O6/c1-9-10-11-12-13-14-18-34(29(37)25(19-22(2)3)33-30(38)40-31(5,6)7)27(24-17-15-16-23(4)20-24)28(36)32-21-26(35)39-8/h15-17,20,22,25,27H,9-14,18-19,21H2,1-8H3,(H,32,36)(H,33,38). The van der Waals surface area contributed by atoms with Crippen molar-refractivity contribution in [3.8, 4) is 0 Å². The second-order valence-corrected chi connectivity index (χ2v) is 11.7. The molecule has 40 heavy (non-hydrogen) atoms. The Morgan fingerprint density at radius 3 is 2.23 bits per heavy atom. The van der Waals surface area contributed by atoms with Gasteiger partial charge in [-0.15, -0.1) is 0 Å². The quantitative estimate of drug-likeness (QED) is 0.205. The SMILES string of the molecule is CCCCCCCCN(C(=O)C(CC(C)C)NC(=O)OC(C)(C)C)C(C(=O)NCC(=O)OC)c1cccc(C)c1. The zero-order valence-electron chi connectivity index (χ0n) is 25.8. The number of alkyl carbamates (subject to hydrolysis) is 1. The topological polar surface area (TPSA) is 114 Å². The molecule has 0 aliphatic heterocycles. The van der Waals surface area contributed by atoms with Gasteiger partial charge in [0, 0.05) is 6.54 Å². The van der Waals surface area contributed by atoms with Gasteiger partial charge in [-0.2, -0.15) is 0 Å². The van der Waals surface area contributed by atoms with Gasteiger partial charge in [-0.25, -0.2) is 4.79 Å². The molecule has 9 heteroatoms. The van der Waals surface area contributed by atoms with Gasteiger partial charge in [0.25, 0.3) is 0 Å². The Kier molecular flexibility index (Phi) is 15.3. The van der Waals surface area contributed by atoms with Crippen LogP contribution in [0.25, 0.3) is 0 Å². The van der Waals surface area contributed by atoms with E-state index < -0.39 is 35.7 Å². The number of ether oxygens (including phenoxy) is 2. The van der Waals surface area contributed by atoms with E-state index in [1.165, 1.54) is 7.11 Å². The molecule has 0 aliphatic carbocycles. The first kappa shape index (κ1) is 34.9. The van der Waals surface area contributed by atoms with Crippen LogP contribution in [-0.2, 0) is 23.9 Å². The van der Waals surface area contributed by atoms with Crippen LogP contribution in [0.5, 0.6) is 0 Å². The second kappa shape index (κ2) is 17.6. The normalized spacial score (nSPS) is 12.8. The molecule has 0 spiro atoms. The van der Waals surface area contributed by atoms with Gasteiger partial charge in [-0.05, 0) is 52.0 Å². The van der Waals surface area contributed by atoms with Crippen LogP contribution < -0.4 is 10.6 Å². The molecule has 0 aliphatic rings. The first-order valence-corrected chi connectivity index (χ1v) is 14.5. The number of benzene rings is 1. The largest absolute Gasteiger partial charge is 0.468 e. The molecule has 0 saturated heterocycles. The monoisotopic (exact) mass is 561 g/mol. The summed E-state index contributed by atoms with van der Waals surface area (Å²) in [5, 5.41) is 5.40. The van der Waals surface area contributed by atoms with Crippen LogP contribution >= 0.6 is 0 Å². The maximum absolute atomic E-state index is 14.2. The summed E-state index contributed by atoms with van der Waals surface area (Å²) >= 11 is 0. The summed E-state index contributed by atoms with van der Waals surface area (Å²) in [4.78, 5) is 53.9. The molecule has 0 radical (unpaired) electrons. The Morgan fingerprint density at radius 2 is 1.65 bits per heavy atom. The van der Waals surface area contributed by atoms with E-state index in [0.717, 1.165) is 37.7 Å². The fraction of sp³-hybridized carbons (Fsp3) is 0.677. The molecule has 2 atom stereocenters. The first-order chi connectivity index (χ1) is 18.8. The Balaban J connectivity index is 3.45. The predicted molar refractivity (Wildman–Crippen MR) is 157 cm³/mol. The number of methoxy groups -OCH3 is 1. The summed E-state index contributed by atoms with van der Waals surface area (Å²) < 4.78 is 10.1. The van der Waals surface area contributed by atoms with Crippen LogP contribution in [-0.4, -0.2) is 60.6 Å². The van der Waals surface area contributed by atoms with E-state index >= 15 is 0 Å². The molecule has 0 aromatic heterocycles. The number of carbonyl (C=O) groups excluding carboxylic acids is 4. The highest BCUT2D eigenvalue weighted by Gasteiger charge is 2.36. The zero-order valence-corrected chi connectivity index (χ0v) is 25.8. The Morgan fingerprint density at radius 1 is 1.00 bits per heavy atom. The lowest BCUT2D eigenvalue weighted by molar-refractivity contribution is -0.145. The molecule has 1 rings (SSSR count). The van der Waals surface area contributed by atoms with Crippen molar-refractivity contribution in [3.63, 3.8) is 0 Å². The van der Waals surface area contributed by atoms with Crippen molar-refractivity contribution in [1.82, 2.24) is 15.5 Å². The Labute approximate surface area is 240 Å². The molecule has 9 nitrogen and oxygen atoms in total. The number of rotatable bonds is 16. The number of hydrogen-bond donors (Lipinski definition) is 2. The molecule has 1 aromatic carbocycles. The molecule has 226 valence electrons. The molecular weight excluding hydrogens is 510 g/mol. The highest BCUT2D eigenvalue weighted by molar-refractivity contribution is 5.93. The van der Waals surface area contributed by atoms with Crippen molar-refractivity contribution in [3.05, 3.63) is 35.4 Å². The minimum atomic E-state index is -0.997. The van der Waals surface area contributed by atoms with E-state index in [1.54, 1.807) is 31.7 Å². The van der Waals surface area contributed by atoms with E-state index in [0.29, 0.717) is 24.9 Å². The Bertz CT molecular complexity index is 957. The molecule has 1 aromatic rings. The van der Waals surface area contributed by atoms with Crippen LogP contribution in [0, 0.1) is 12.8 Å². The fourth-order valence-corrected chi connectivity index (χ4v) is 4.41. The van der Waals surface area contributed by atoms with Crippen LogP contribution in [0.3, 0.4) is 0 Å². The molecule has 0 bridgehead atoms. The van der Waals surface area contributed by atoms with E-state index in [2.05, 4.69) is 17.6 Å². The van der Waals surface area contributed by atoms with Crippen molar-refractivity contribution in [2.75, 3.05) is 20.2 Å². The lowest BCUT2D eigenvalue weighted by Crippen LogP contribution is -2.54. The molecule has 0 fully saturated rings. The third-order valence-electron chi connectivity index (χ3n) is 6.28. The summed E-state index contributed by atoms with van der Waals surface area (Å²) in [7, 11) is 1.25. The van der Waals surface area contributed by atoms with E-state index in [4.69, 9.17) is 9.47 Å². The van der Waals surface area contributed by atoms with Gasteiger partial charge in [-0.1, -0.05) is 82.7 Å². The van der Waals surface area contributed by atoms with E-state index in [9.17, 15) is 19.2 Å². The lowest BCUT2D eigenvalue weighted by atomic mass is 9.97. The minimum Gasteiger partial charge on any atom is -0.468 e. The molecule has 3 amide bonds. The molecule has 2 N–H and O–H groups in total. The van der Waals surface area contributed by atoms with Crippen LogP contribution in [0.4, 0.5) is 4.79 Å². The summed E-state index contributed by atoms with van der Waals surface area (Å²) in [5.41, 5.74) is 0.828. The van der Waals surface area contributed by atoms with Gasteiger partial charge < -0.3 is 25.0 Å². The fourth-order valence-electron chi connectivity index (χ4n) is 4.41. The molecule has 0 saturated carbocycles. The van der Waals surface area contributed by atoms with Crippen LogP contribution in [0.15, 0.2) is 24.3 Å².